The lowest BCUT2D eigenvalue weighted by Gasteiger charge is -2.34. The minimum atomic E-state index is -0.606. The van der Waals surface area contributed by atoms with E-state index in [1.54, 1.807) is 53.8 Å². The summed E-state index contributed by atoms with van der Waals surface area (Å²) in [5.41, 5.74) is 1.07. The number of hydrogen-bond acceptors (Lipinski definition) is 4. The van der Waals surface area contributed by atoms with E-state index in [1.165, 1.54) is 16.9 Å². The topological polar surface area (TPSA) is 80.1 Å². The standard InChI is InChI=1S/C21H20FN5O2/c22-17-13-16(7-8-18(17)27-12-4-10-24-27)25-20(28)19-6-1-2-11-26(19)21(29)15-5-3-9-23-14-15/h3-5,7-10,12-14,19H,1-2,6,11H2,(H,25,28). The molecule has 1 aliphatic heterocycles. The summed E-state index contributed by atoms with van der Waals surface area (Å²) in [6, 6.07) is 8.89. The summed E-state index contributed by atoms with van der Waals surface area (Å²) >= 11 is 0. The van der Waals surface area contributed by atoms with Gasteiger partial charge in [-0.2, -0.15) is 5.10 Å². The summed E-state index contributed by atoms with van der Waals surface area (Å²) in [6.45, 7) is 0.498. The molecule has 2 aromatic heterocycles. The molecule has 8 heteroatoms. The van der Waals surface area contributed by atoms with Crippen molar-refractivity contribution in [3.63, 3.8) is 0 Å². The molecule has 0 aliphatic carbocycles. The van der Waals surface area contributed by atoms with Gasteiger partial charge in [0.15, 0.2) is 5.82 Å². The molecule has 1 saturated heterocycles. The molecule has 3 aromatic rings. The second kappa shape index (κ2) is 8.22. The molecule has 1 unspecified atom stereocenters. The molecule has 7 nitrogen and oxygen atoms in total. The number of nitrogens with zero attached hydrogens (tertiary/aromatic N) is 4. The van der Waals surface area contributed by atoms with Crippen LogP contribution in [-0.4, -0.2) is 44.1 Å². The van der Waals surface area contributed by atoms with Gasteiger partial charge in [0, 0.05) is 37.0 Å². The van der Waals surface area contributed by atoms with Crippen molar-refractivity contribution in [2.75, 3.05) is 11.9 Å². The van der Waals surface area contributed by atoms with Gasteiger partial charge in [-0.25, -0.2) is 9.07 Å². The molecule has 1 N–H and O–H groups in total. The van der Waals surface area contributed by atoms with Crippen LogP contribution in [0.1, 0.15) is 29.6 Å². The number of hydrogen-bond donors (Lipinski definition) is 1. The van der Waals surface area contributed by atoms with Gasteiger partial charge in [0.25, 0.3) is 5.91 Å². The molecule has 3 heterocycles. The van der Waals surface area contributed by atoms with E-state index in [-0.39, 0.29) is 11.8 Å². The first-order valence-electron chi connectivity index (χ1n) is 9.45. The molecule has 1 fully saturated rings. The van der Waals surface area contributed by atoms with Crippen LogP contribution in [0.2, 0.25) is 0 Å². The van der Waals surface area contributed by atoms with Gasteiger partial charge in [0.1, 0.15) is 11.7 Å². The molecule has 29 heavy (non-hydrogen) atoms. The molecule has 4 rings (SSSR count). The van der Waals surface area contributed by atoms with E-state index in [4.69, 9.17) is 0 Å². The van der Waals surface area contributed by atoms with Crippen molar-refractivity contribution >= 4 is 17.5 Å². The Balaban J connectivity index is 1.50. The van der Waals surface area contributed by atoms with Gasteiger partial charge in [0.2, 0.25) is 5.91 Å². The van der Waals surface area contributed by atoms with Crippen molar-refractivity contribution in [3.05, 3.63) is 72.6 Å². The van der Waals surface area contributed by atoms with Crippen LogP contribution in [0.4, 0.5) is 10.1 Å². The van der Waals surface area contributed by atoms with Crippen molar-refractivity contribution in [2.45, 2.75) is 25.3 Å². The summed E-state index contributed by atoms with van der Waals surface area (Å²) in [5.74, 6) is -1.05. The largest absolute Gasteiger partial charge is 0.327 e. The van der Waals surface area contributed by atoms with Crippen molar-refractivity contribution in [1.29, 1.82) is 0 Å². The summed E-state index contributed by atoms with van der Waals surface area (Å²) < 4.78 is 15.9. The molecule has 148 valence electrons. The van der Waals surface area contributed by atoms with E-state index < -0.39 is 11.9 Å². The third-order valence-electron chi connectivity index (χ3n) is 4.94. The number of halogens is 1. The quantitative estimate of drug-likeness (QED) is 0.739. The van der Waals surface area contributed by atoms with Gasteiger partial charge in [0.05, 0.1) is 5.56 Å². The Bertz CT molecular complexity index is 1010. The van der Waals surface area contributed by atoms with Gasteiger partial charge in [-0.3, -0.25) is 14.6 Å². The molecule has 1 aromatic carbocycles. The predicted octanol–water partition coefficient (Wildman–Crippen LogP) is 3.04. The normalized spacial score (nSPS) is 16.4. The summed E-state index contributed by atoms with van der Waals surface area (Å²) in [6.07, 6.45) is 8.54. The molecule has 0 spiro atoms. The van der Waals surface area contributed by atoms with E-state index in [0.717, 1.165) is 12.8 Å². The Labute approximate surface area is 167 Å². The molecule has 2 amide bonds. The van der Waals surface area contributed by atoms with Crippen LogP contribution >= 0.6 is 0 Å². The highest BCUT2D eigenvalue weighted by Gasteiger charge is 2.32. The van der Waals surface area contributed by atoms with E-state index in [2.05, 4.69) is 15.4 Å². The zero-order chi connectivity index (χ0) is 20.2. The zero-order valence-corrected chi connectivity index (χ0v) is 15.7. The van der Waals surface area contributed by atoms with Gasteiger partial charge < -0.3 is 10.2 Å². The van der Waals surface area contributed by atoms with Crippen molar-refractivity contribution in [1.82, 2.24) is 19.7 Å². The third-order valence-corrected chi connectivity index (χ3v) is 4.94. The first-order chi connectivity index (χ1) is 14.1. The molecule has 1 atom stereocenters. The van der Waals surface area contributed by atoms with E-state index >= 15 is 0 Å². The van der Waals surface area contributed by atoms with Crippen LogP contribution in [-0.2, 0) is 4.79 Å². The number of rotatable bonds is 4. The van der Waals surface area contributed by atoms with Crippen molar-refractivity contribution in [2.24, 2.45) is 0 Å². The predicted molar refractivity (Wildman–Crippen MR) is 105 cm³/mol. The second-order valence-electron chi connectivity index (χ2n) is 6.86. The Hall–Kier alpha value is -3.55. The number of likely N-dealkylation sites (tertiary alicyclic amines) is 1. The van der Waals surface area contributed by atoms with Crippen LogP contribution in [0.5, 0.6) is 0 Å². The van der Waals surface area contributed by atoms with Gasteiger partial charge >= 0.3 is 0 Å². The van der Waals surface area contributed by atoms with Crippen LogP contribution < -0.4 is 5.32 Å². The van der Waals surface area contributed by atoms with Gasteiger partial charge in [-0.15, -0.1) is 0 Å². The average molecular weight is 393 g/mol. The fourth-order valence-corrected chi connectivity index (χ4v) is 3.51. The number of piperidine rings is 1. The monoisotopic (exact) mass is 393 g/mol. The highest BCUT2D eigenvalue weighted by atomic mass is 19.1. The first-order valence-corrected chi connectivity index (χ1v) is 9.45. The lowest BCUT2D eigenvalue weighted by molar-refractivity contribution is -0.121. The average Bonchev–Trinajstić information content (AvgIpc) is 3.28. The maximum atomic E-state index is 14.4. The van der Waals surface area contributed by atoms with Gasteiger partial charge in [-0.1, -0.05) is 0 Å². The molecule has 0 radical (unpaired) electrons. The van der Waals surface area contributed by atoms with Gasteiger partial charge in [-0.05, 0) is 55.7 Å². The number of carbonyl (C=O) groups excluding carboxylic acids is 2. The lowest BCUT2D eigenvalue weighted by atomic mass is 10.00. The molecular weight excluding hydrogens is 373 g/mol. The summed E-state index contributed by atoms with van der Waals surface area (Å²) in [7, 11) is 0. The number of aromatic nitrogens is 3. The second-order valence-corrected chi connectivity index (χ2v) is 6.86. The highest BCUT2D eigenvalue weighted by molar-refractivity contribution is 6.01. The number of benzene rings is 1. The Morgan fingerprint density at radius 1 is 1.14 bits per heavy atom. The SMILES string of the molecule is O=C(Nc1ccc(-n2cccn2)c(F)c1)C1CCCCN1C(=O)c1cccnc1. The van der Waals surface area contributed by atoms with Crippen LogP contribution in [0, 0.1) is 5.82 Å². The number of anilines is 1. The van der Waals surface area contributed by atoms with Crippen LogP contribution in [0.15, 0.2) is 61.2 Å². The fraction of sp³-hybridized carbons (Fsp3) is 0.238. The van der Waals surface area contributed by atoms with Crippen molar-refractivity contribution < 1.29 is 14.0 Å². The molecular formula is C21H20FN5O2. The van der Waals surface area contributed by atoms with Crippen molar-refractivity contribution in [3.8, 4) is 5.69 Å². The van der Waals surface area contributed by atoms with E-state index in [0.29, 0.717) is 29.9 Å². The number of nitrogens with one attached hydrogen (secondary N) is 1. The summed E-state index contributed by atoms with van der Waals surface area (Å²) in [4.78, 5) is 31.3. The lowest BCUT2D eigenvalue weighted by Crippen LogP contribution is -2.50. The van der Waals surface area contributed by atoms with E-state index in [9.17, 15) is 14.0 Å². The van der Waals surface area contributed by atoms with E-state index in [1.807, 2.05) is 0 Å². The van der Waals surface area contributed by atoms with Crippen LogP contribution in [0.25, 0.3) is 5.69 Å². The minimum absolute atomic E-state index is 0.224. The molecule has 0 bridgehead atoms. The Morgan fingerprint density at radius 2 is 2.03 bits per heavy atom. The zero-order valence-electron chi connectivity index (χ0n) is 15.7. The number of carbonyl (C=O) groups is 2. The fourth-order valence-electron chi connectivity index (χ4n) is 3.51. The molecule has 1 aliphatic rings. The number of pyridine rings is 1. The maximum absolute atomic E-state index is 14.4. The smallest absolute Gasteiger partial charge is 0.256 e. The first kappa shape index (κ1) is 18.8. The van der Waals surface area contributed by atoms with Crippen LogP contribution in [0.3, 0.4) is 0 Å². The highest BCUT2D eigenvalue weighted by Crippen LogP contribution is 2.23. The Morgan fingerprint density at radius 3 is 2.76 bits per heavy atom. The Kier molecular flexibility index (Phi) is 5.33. The maximum Gasteiger partial charge on any atom is 0.256 e. The minimum Gasteiger partial charge on any atom is -0.327 e. The molecule has 0 saturated carbocycles. The number of amides is 2. The summed E-state index contributed by atoms with van der Waals surface area (Å²) in [5, 5.41) is 6.75. The third kappa shape index (κ3) is 4.01.